The highest BCUT2D eigenvalue weighted by molar-refractivity contribution is 8.17. The summed E-state index contributed by atoms with van der Waals surface area (Å²) in [7, 11) is 1.65. The summed E-state index contributed by atoms with van der Waals surface area (Å²) in [6.45, 7) is 4.31. The van der Waals surface area contributed by atoms with Crippen molar-refractivity contribution in [3.05, 3.63) is 102 Å². The molecular weight excluding hydrogens is 500 g/mol. The number of rotatable bonds is 14. The van der Waals surface area contributed by atoms with Crippen LogP contribution in [-0.2, 0) is 19.9 Å². The van der Waals surface area contributed by atoms with Gasteiger partial charge in [0.1, 0.15) is 11.4 Å². The van der Waals surface area contributed by atoms with Crippen molar-refractivity contribution in [2.45, 2.75) is 50.4 Å². The highest BCUT2D eigenvalue weighted by atomic mass is 32.2. The highest BCUT2D eigenvalue weighted by Gasteiger charge is 2.38. The zero-order valence-corrected chi connectivity index (χ0v) is 23.5. The molecule has 0 saturated heterocycles. The van der Waals surface area contributed by atoms with Crippen LogP contribution in [0, 0.1) is 0 Å². The molecular formula is C31H36O4S2. The third-order valence-electron chi connectivity index (χ3n) is 5.98. The van der Waals surface area contributed by atoms with Crippen LogP contribution < -0.4 is 4.74 Å². The Morgan fingerprint density at radius 3 is 1.78 bits per heavy atom. The molecule has 3 rings (SSSR count). The lowest BCUT2D eigenvalue weighted by Gasteiger charge is -2.37. The molecule has 0 fully saturated rings. The quantitative estimate of drug-likeness (QED) is 0.199. The second-order valence-electron chi connectivity index (χ2n) is 8.75. The lowest BCUT2D eigenvalue weighted by atomic mass is 9.80. The van der Waals surface area contributed by atoms with E-state index in [4.69, 9.17) is 9.47 Å². The van der Waals surface area contributed by atoms with Crippen LogP contribution in [0.15, 0.2) is 84.9 Å². The summed E-state index contributed by atoms with van der Waals surface area (Å²) in [4.78, 5) is 24.9. The minimum absolute atomic E-state index is 0.133. The van der Waals surface area contributed by atoms with Crippen molar-refractivity contribution in [2.75, 3.05) is 19.5 Å². The first kappa shape index (κ1) is 29.0. The molecule has 0 aromatic heterocycles. The van der Waals surface area contributed by atoms with Gasteiger partial charge in [-0.2, -0.15) is 0 Å². The molecule has 0 saturated carbocycles. The molecule has 0 aliphatic rings. The van der Waals surface area contributed by atoms with Crippen molar-refractivity contribution in [2.24, 2.45) is 0 Å². The largest absolute Gasteiger partial charge is 0.497 e. The van der Waals surface area contributed by atoms with Gasteiger partial charge in [-0.05, 0) is 41.7 Å². The number of hydrogen-bond donors (Lipinski definition) is 0. The molecule has 0 unspecified atom stereocenters. The summed E-state index contributed by atoms with van der Waals surface area (Å²) in [5.74, 6) is 1.30. The zero-order chi connectivity index (χ0) is 26.5. The average Bonchev–Trinajstić information content (AvgIpc) is 2.93. The second-order valence-corrected chi connectivity index (χ2v) is 11.2. The summed E-state index contributed by atoms with van der Waals surface area (Å²) in [5.41, 5.74) is 2.04. The van der Waals surface area contributed by atoms with Crippen molar-refractivity contribution in [1.29, 1.82) is 0 Å². The van der Waals surface area contributed by atoms with Crippen molar-refractivity contribution < 1.29 is 19.1 Å². The van der Waals surface area contributed by atoms with Gasteiger partial charge in [0.25, 0.3) is 0 Å². The van der Waals surface area contributed by atoms with Gasteiger partial charge >= 0.3 is 0 Å². The Morgan fingerprint density at radius 1 is 0.757 bits per heavy atom. The fourth-order valence-corrected chi connectivity index (χ4v) is 6.29. The molecule has 0 bridgehead atoms. The van der Waals surface area contributed by atoms with E-state index in [1.165, 1.54) is 23.5 Å². The number of carbonyl (C=O) groups excluding carboxylic acids is 2. The molecule has 37 heavy (non-hydrogen) atoms. The Hall–Kier alpha value is -2.54. The summed E-state index contributed by atoms with van der Waals surface area (Å²) in [5, 5.41) is 0.132. The van der Waals surface area contributed by atoms with Crippen molar-refractivity contribution >= 4 is 33.8 Å². The zero-order valence-electron chi connectivity index (χ0n) is 21.9. The SMILES string of the molecule is CCCC(=O)SC[C@@H](COC(c1ccccc1)(c1ccccc1)c1ccc(OC)cc1)SC(=O)CCC. The van der Waals surface area contributed by atoms with Gasteiger partial charge in [-0.1, -0.05) is 110 Å². The van der Waals surface area contributed by atoms with Gasteiger partial charge in [-0.15, -0.1) is 0 Å². The van der Waals surface area contributed by atoms with E-state index in [1.807, 2.05) is 74.5 Å². The molecule has 1 atom stereocenters. The maximum absolute atomic E-state index is 12.6. The Balaban J connectivity index is 2.03. The van der Waals surface area contributed by atoms with Gasteiger partial charge in [0.15, 0.2) is 10.2 Å². The number of carbonyl (C=O) groups is 2. The molecule has 0 N–H and O–H groups in total. The van der Waals surface area contributed by atoms with E-state index in [2.05, 4.69) is 24.3 Å². The number of ether oxygens (including phenoxy) is 2. The fraction of sp³-hybridized carbons (Fsp3) is 0.355. The van der Waals surface area contributed by atoms with Gasteiger partial charge in [-0.25, -0.2) is 0 Å². The highest BCUT2D eigenvalue weighted by Crippen LogP contribution is 2.41. The minimum atomic E-state index is -0.903. The summed E-state index contributed by atoms with van der Waals surface area (Å²) >= 11 is 2.61. The molecule has 0 amide bonds. The van der Waals surface area contributed by atoms with Crippen LogP contribution in [-0.4, -0.2) is 35.0 Å². The van der Waals surface area contributed by atoms with Crippen LogP contribution in [0.2, 0.25) is 0 Å². The van der Waals surface area contributed by atoms with Crippen molar-refractivity contribution in [1.82, 2.24) is 0 Å². The first-order valence-corrected chi connectivity index (χ1v) is 14.6. The summed E-state index contributed by atoms with van der Waals surface area (Å²) in [6.07, 6.45) is 2.66. The van der Waals surface area contributed by atoms with E-state index < -0.39 is 5.60 Å². The summed E-state index contributed by atoms with van der Waals surface area (Å²) in [6, 6.07) is 28.2. The minimum Gasteiger partial charge on any atom is -0.497 e. The standard InChI is InChI=1S/C31H36O4S2/c1-4-12-29(32)36-23-28(37-30(33)13-5-2)22-35-31(24-14-8-6-9-15-24,25-16-10-7-11-17-25)26-18-20-27(34-3)21-19-26/h6-11,14-21,28H,4-5,12-13,22-23H2,1-3H3/t28-/m1/s1. The summed E-state index contributed by atoms with van der Waals surface area (Å²) < 4.78 is 12.4. The van der Waals surface area contributed by atoms with E-state index >= 15 is 0 Å². The topological polar surface area (TPSA) is 52.6 Å². The first-order chi connectivity index (χ1) is 18.0. The van der Waals surface area contributed by atoms with Gasteiger partial charge in [0.05, 0.1) is 13.7 Å². The maximum Gasteiger partial charge on any atom is 0.189 e. The van der Waals surface area contributed by atoms with Gasteiger partial charge < -0.3 is 9.47 Å². The monoisotopic (exact) mass is 536 g/mol. The maximum atomic E-state index is 12.6. The third-order valence-corrected chi connectivity index (χ3v) is 8.39. The van der Waals surface area contributed by atoms with Crippen LogP contribution >= 0.6 is 23.5 Å². The van der Waals surface area contributed by atoms with Crippen LogP contribution in [0.1, 0.15) is 56.2 Å². The van der Waals surface area contributed by atoms with E-state index in [9.17, 15) is 9.59 Å². The molecule has 0 heterocycles. The molecule has 0 aliphatic carbocycles. The third kappa shape index (κ3) is 7.97. The van der Waals surface area contributed by atoms with Crippen LogP contribution in [0.5, 0.6) is 5.75 Å². The number of benzene rings is 3. The molecule has 4 nitrogen and oxygen atoms in total. The first-order valence-electron chi connectivity index (χ1n) is 12.8. The smallest absolute Gasteiger partial charge is 0.189 e. The Bertz CT molecular complexity index is 1060. The Morgan fingerprint density at radius 2 is 1.27 bits per heavy atom. The fourth-order valence-electron chi connectivity index (χ4n) is 4.17. The molecule has 0 aliphatic heterocycles. The number of methoxy groups -OCH3 is 1. The average molecular weight is 537 g/mol. The van der Waals surface area contributed by atoms with Gasteiger partial charge in [0, 0.05) is 23.8 Å². The van der Waals surface area contributed by atoms with E-state index in [1.54, 1.807) is 7.11 Å². The van der Waals surface area contributed by atoms with Gasteiger partial charge in [-0.3, -0.25) is 9.59 Å². The predicted octanol–water partition coefficient (Wildman–Crippen LogP) is 7.49. The van der Waals surface area contributed by atoms with Crippen molar-refractivity contribution in [3.8, 4) is 5.75 Å². The van der Waals surface area contributed by atoms with Crippen molar-refractivity contribution in [3.63, 3.8) is 0 Å². The molecule has 6 heteroatoms. The second kappa shape index (κ2) is 15.0. The number of hydrogen-bond acceptors (Lipinski definition) is 6. The van der Waals surface area contributed by atoms with E-state index in [0.29, 0.717) is 25.2 Å². The van der Waals surface area contributed by atoms with E-state index in [0.717, 1.165) is 35.3 Å². The van der Waals surface area contributed by atoms with Crippen LogP contribution in [0.3, 0.4) is 0 Å². The lowest BCUT2D eigenvalue weighted by Crippen LogP contribution is -2.36. The lowest BCUT2D eigenvalue weighted by molar-refractivity contribution is -0.111. The molecule has 0 radical (unpaired) electrons. The molecule has 196 valence electrons. The Labute approximate surface area is 229 Å². The Kier molecular flexibility index (Phi) is 11.8. The molecule has 3 aromatic rings. The number of thioether (sulfide) groups is 2. The van der Waals surface area contributed by atoms with Crippen LogP contribution in [0.25, 0.3) is 0 Å². The van der Waals surface area contributed by atoms with Gasteiger partial charge in [0.2, 0.25) is 0 Å². The predicted molar refractivity (Wildman–Crippen MR) is 155 cm³/mol. The molecule has 3 aromatic carbocycles. The van der Waals surface area contributed by atoms with Crippen LogP contribution in [0.4, 0.5) is 0 Å². The normalized spacial score (nSPS) is 12.2. The molecule has 0 spiro atoms. The van der Waals surface area contributed by atoms with E-state index in [-0.39, 0.29) is 15.5 Å².